The molecule has 8 nitrogen and oxygen atoms in total. The zero-order valence-electron chi connectivity index (χ0n) is 14.4. The molecule has 0 aromatic heterocycles. The molecule has 0 aromatic carbocycles. The summed E-state index contributed by atoms with van der Waals surface area (Å²) in [4.78, 5) is 39.6. The Balaban J connectivity index is 1.66. The van der Waals surface area contributed by atoms with Gasteiger partial charge >= 0.3 is 17.8 Å². The molecule has 2 fully saturated rings. The molecular formula is C16H28N4O4. The smallest absolute Gasteiger partial charge is 0.311 e. The zero-order chi connectivity index (χ0) is 17.4. The van der Waals surface area contributed by atoms with Gasteiger partial charge in [0.15, 0.2) is 0 Å². The van der Waals surface area contributed by atoms with Crippen LogP contribution in [0, 0.1) is 5.92 Å². The molecule has 2 rings (SSSR count). The van der Waals surface area contributed by atoms with E-state index in [1.54, 1.807) is 6.92 Å². The molecule has 24 heavy (non-hydrogen) atoms. The summed E-state index contributed by atoms with van der Waals surface area (Å²) < 4.78 is 5.00. The highest BCUT2D eigenvalue weighted by Gasteiger charge is 2.30. The molecule has 2 saturated heterocycles. The largest absolute Gasteiger partial charge is 0.466 e. The summed E-state index contributed by atoms with van der Waals surface area (Å²) in [5, 5.41) is 5.97. The second-order valence-corrected chi connectivity index (χ2v) is 6.17. The van der Waals surface area contributed by atoms with Crippen LogP contribution in [0.5, 0.6) is 0 Å². The summed E-state index contributed by atoms with van der Waals surface area (Å²) in [5.41, 5.74) is 0. The molecule has 0 bridgehead atoms. The molecule has 0 atom stereocenters. The van der Waals surface area contributed by atoms with Crippen LogP contribution in [0.2, 0.25) is 0 Å². The van der Waals surface area contributed by atoms with Crippen molar-refractivity contribution in [1.29, 1.82) is 0 Å². The van der Waals surface area contributed by atoms with Crippen LogP contribution in [-0.4, -0.2) is 86.5 Å². The topological polar surface area (TPSA) is 91.0 Å². The van der Waals surface area contributed by atoms with Crippen molar-refractivity contribution >= 4 is 17.8 Å². The van der Waals surface area contributed by atoms with Gasteiger partial charge in [-0.25, -0.2) is 0 Å². The number of likely N-dealkylation sites (tertiary alicyclic amines) is 1. The summed E-state index contributed by atoms with van der Waals surface area (Å²) in [6, 6.07) is 0. The molecule has 0 spiro atoms. The molecule has 0 unspecified atom stereocenters. The van der Waals surface area contributed by atoms with Crippen LogP contribution in [0.3, 0.4) is 0 Å². The van der Waals surface area contributed by atoms with Crippen molar-refractivity contribution in [3.05, 3.63) is 0 Å². The average molecular weight is 340 g/mol. The Labute approximate surface area is 142 Å². The third-order valence-electron chi connectivity index (χ3n) is 4.52. The van der Waals surface area contributed by atoms with Gasteiger partial charge in [0.1, 0.15) is 0 Å². The van der Waals surface area contributed by atoms with E-state index in [0.717, 1.165) is 32.7 Å². The second-order valence-electron chi connectivity index (χ2n) is 6.17. The lowest BCUT2D eigenvalue weighted by atomic mass is 9.97. The summed E-state index contributed by atoms with van der Waals surface area (Å²) >= 11 is 0. The Morgan fingerprint density at radius 2 is 1.79 bits per heavy atom. The van der Waals surface area contributed by atoms with Gasteiger partial charge in [-0.1, -0.05) is 0 Å². The van der Waals surface area contributed by atoms with Crippen molar-refractivity contribution in [1.82, 2.24) is 20.4 Å². The monoisotopic (exact) mass is 340 g/mol. The Morgan fingerprint density at radius 1 is 1.12 bits per heavy atom. The van der Waals surface area contributed by atoms with E-state index in [1.807, 2.05) is 0 Å². The number of hydrogen-bond acceptors (Lipinski definition) is 6. The van der Waals surface area contributed by atoms with Crippen LogP contribution in [0.15, 0.2) is 0 Å². The van der Waals surface area contributed by atoms with Gasteiger partial charge in [-0.15, -0.1) is 0 Å². The fourth-order valence-electron chi connectivity index (χ4n) is 3.06. The Bertz CT molecular complexity index is 443. The van der Waals surface area contributed by atoms with E-state index in [2.05, 4.69) is 15.5 Å². The van der Waals surface area contributed by atoms with Gasteiger partial charge in [-0.2, -0.15) is 0 Å². The Hall–Kier alpha value is -1.67. The number of carbonyl (C=O) groups is 3. The number of piperazine rings is 1. The van der Waals surface area contributed by atoms with Crippen LogP contribution in [0.25, 0.3) is 0 Å². The van der Waals surface area contributed by atoms with Gasteiger partial charge in [-0.05, 0) is 19.8 Å². The normalized spacial score (nSPS) is 19.8. The molecule has 2 aliphatic heterocycles. The second kappa shape index (κ2) is 9.58. The van der Waals surface area contributed by atoms with Crippen molar-refractivity contribution in [2.24, 2.45) is 5.92 Å². The number of nitrogens with zero attached hydrogens (tertiary/aromatic N) is 2. The van der Waals surface area contributed by atoms with Gasteiger partial charge in [-0.3, -0.25) is 19.3 Å². The predicted octanol–water partition coefficient (Wildman–Crippen LogP) is -1.19. The minimum absolute atomic E-state index is 0.162. The van der Waals surface area contributed by atoms with E-state index in [4.69, 9.17) is 4.74 Å². The van der Waals surface area contributed by atoms with E-state index in [1.165, 1.54) is 4.90 Å². The number of piperidine rings is 1. The molecule has 0 aromatic rings. The lowest BCUT2D eigenvalue weighted by molar-refractivity contribution is -0.152. The first-order valence-electron chi connectivity index (χ1n) is 8.78. The van der Waals surface area contributed by atoms with Crippen molar-refractivity contribution < 1.29 is 19.1 Å². The lowest BCUT2D eigenvalue weighted by Gasteiger charge is -2.30. The predicted molar refractivity (Wildman–Crippen MR) is 88.3 cm³/mol. The van der Waals surface area contributed by atoms with Crippen molar-refractivity contribution in [2.75, 3.05) is 59.0 Å². The fourth-order valence-corrected chi connectivity index (χ4v) is 3.06. The maximum atomic E-state index is 12.2. The first-order chi connectivity index (χ1) is 11.6. The zero-order valence-corrected chi connectivity index (χ0v) is 14.4. The van der Waals surface area contributed by atoms with E-state index in [-0.39, 0.29) is 11.9 Å². The molecule has 0 aliphatic carbocycles. The summed E-state index contributed by atoms with van der Waals surface area (Å²) in [6.45, 7) is 8.08. The summed E-state index contributed by atoms with van der Waals surface area (Å²) in [5.74, 6) is -1.42. The standard InChI is InChI=1S/C16H28N4O4/c1-2-24-16(23)13-3-8-20(9-4-13)15(22)14(21)18-7-12-19-10-5-17-6-11-19/h13,17H,2-12H2,1H3,(H,18,21). The third-order valence-corrected chi connectivity index (χ3v) is 4.52. The highest BCUT2D eigenvalue weighted by Crippen LogP contribution is 2.18. The van der Waals surface area contributed by atoms with Gasteiger partial charge < -0.3 is 20.3 Å². The molecule has 0 saturated carbocycles. The first-order valence-corrected chi connectivity index (χ1v) is 8.78. The number of ether oxygens (including phenoxy) is 1. The minimum Gasteiger partial charge on any atom is -0.466 e. The van der Waals surface area contributed by atoms with Crippen LogP contribution in [0.4, 0.5) is 0 Å². The van der Waals surface area contributed by atoms with Crippen LogP contribution < -0.4 is 10.6 Å². The molecule has 2 amide bonds. The maximum Gasteiger partial charge on any atom is 0.311 e. The van der Waals surface area contributed by atoms with Crippen molar-refractivity contribution in [3.8, 4) is 0 Å². The lowest BCUT2D eigenvalue weighted by Crippen LogP contribution is -2.50. The molecule has 2 heterocycles. The number of esters is 1. The number of amides is 2. The maximum absolute atomic E-state index is 12.2. The Kier molecular flexibility index (Phi) is 7.45. The number of hydrogen-bond donors (Lipinski definition) is 2. The van der Waals surface area contributed by atoms with Gasteiger partial charge in [0.25, 0.3) is 0 Å². The van der Waals surface area contributed by atoms with Gasteiger partial charge in [0, 0.05) is 52.4 Å². The van der Waals surface area contributed by atoms with E-state index in [9.17, 15) is 14.4 Å². The molecule has 0 radical (unpaired) electrons. The SMILES string of the molecule is CCOC(=O)C1CCN(C(=O)C(=O)NCCN2CCNCC2)CC1. The minimum atomic E-state index is -0.556. The summed E-state index contributed by atoms with van der Waals surface area (Å²) in [6.07, 6.45) is 1.11. The van der Waals surface area contributed by atoms with Crippen molar-refractivity contribution in [2.45, 2.75) is 19.8 Å². The molecule has 2 aliphatic rings. The molecule has 136 valence electrons. The molecular weight excluding hydrogens is 312 g/mol. The van der Waals surface area contributed by atoms with E-state index in [0.29, 0.717) is 39.1 Å². The third kappa shape index (κ3) is 5.45. The highest BCUT2D eigenvalue weighted by molar-refractivity contribution is 6.35. The fraction of sp³-hybridized carbons (Fsp3) is 0.812. The van der Waals surface area contributed by atoms with Gasteiger partial charge in [0.05, 0.1) is 12.5 Å². The number of carbonyl (C=O) groups excluding carboxylic acids is 3. The quantitative estimate of drug-likeness (QED) is 0.483. The average Bonchev–Trinajstić information content (AvgIpc) is 2.62. The van der Waals surface area contributed by atoms with Crippen LogP contribution in [0.1, 0.15) is 19.8 Å². The first kappa shape index (κ1) is 18.7. The van der Waals surface area contributed by atoms with Crippen molar-refractivity contribution in [3.63, 3.8) is 0 Å². The number of nitrogens with one attached hydrogen (secondary N) is 2. The van der Waals surface area contributed by atoms with Gasteiger partial charge in [0.2, 0.25) is 0 Å². The number of rotatable bonds is 5. The molecule has 8 heteroatoms. The van der Waals surface area contributed by atoms with Crippen LogP contribution >= 0.6 is 0 Å². The van der Waals surface area contributed by atoms with Crippen LogP contribution in [-0.2, 0) is 19.1 Å². The van der Waals surface area contributed by atoms with E-state index >= 15 is 0 Å². The molecule has 2 N–H and O–H groups in total. The summed E-state index contributed by atoms with van der Waals surface area (Å²) in [7, 11) is 0. The Morgan fingerprint density at radius 3 is 2.42 bits per heavy atom. The highest BCUT2D eigenvalue weighted by atomic mass is 16.5. The van der Waals surface area contributed by atoms with E-state index < -0.39 is 11.8 Å².